The van der Waals surface area contributed by atoms with Gasteiger partial charge in [0.1, 0.15) is 5.75 Å². The van der Waals surface area contributed by atoms with Gasteiger partial charge in [0, 0.05) is 23.7 Å². The molecule has 8 nitrogen and oxygen atoms in total. The summed E-state index contributed by atoms with van der Waals surface area (Å²) in [5.41, 5.74) is 0.448. The van der Waals surface area contributed by atoms with Gasteiger partial charge >= 0.3 is 5.97 Å². The zero-order valence-corrected chi connectivity index (χ0v) is 18.0. The minimum atomic E-state index is -1.12. The summed E-state index contributed by atoms with van der Waals surface area (Å²) in [5.74, 6) is -3.95. The van der Waals surface area contributed by atoms with E-state index < -0.39 is 42.6 Å². The van der Waals surface area contributed by atoms with E-state index in [-0.39, 0.29) is 24.3 Å². The van der Waals surface area contributed by atoms with Crippen LogP contribution in [-0.2, 0) is 19.1 Å². The fourth-order valence-electron chi connectivity index (χ4n) is 2.54. The van der Waals surface area contributed by atoms with Crippen molar-refractivity contribution in [2.24, 2.45) is 0 Å². The molecule has 2 N–H and O–H groups in total. The Morgan fingerprint density at radius 1 is 0.909 bits per heavy atom. The van der Waals surface area contributed by atoms with Gasteiger partial charge in [-0.2, -0.15) is 0 Å². The van der Waals surface area contributed by atoms with Gasteiger partial charge in [0.05, 0.1) is 19.6 Å². The molecule has 0 atom stereocenters. The average molecular weight is 462 g/mol. The van der Waals surface area contributed by atoms with Crippen molar-refractivity contribution in [3.8, 4) is 5.75 Å². The molecule has 0 radical (unpaired) electrons. The largest absolute Gasteiger partial charge is 0.494 e. The number of rotatable bonds is 12. The smallest absolute Gasteiger partial charge is 0.306 e. The molecule has 0 unspecified atom stereocenters. The third-order valence-electron chi connectivity index (χ3n) is 4.22. The predicted molar refractivity (Wildman–Crippen MR) is 115 cm³/mol. The lowest BCUT2D eigenvalue weighted by Crippen LogP contribution is -2.35. The first-order chi connectivity index (χ1) is 15.8. The summed E-state index contributed by atoms with van der Waals surface area (Å²) in [6.07, 6.45) is 0.564. The molecule has 0 saturated carbocycles. The van der Waals surface area contributed by atoms with Crippen LogP contribution >= 0.6 is 0 Å². The number of anilines is 1. The third-order valence-corrected chi connectivity index (χ3v) is 4.22. The van der Waals surface area contributed by atoms with Crippen molar-refractivity contribution in [3.05, 3.63) is 59.7 Å². The van der Waals surface area contributed by atoms with Crippen molar-refractivity contribution in [1.29, 1.82) is 0 Å². The van der Waals surface area contributed by atoms with E-state index in [1.807, 2.05) is 6.92 Å². The minimum Gasteiger partial charge on any atom is -0.494 e. The number of esters is 1. The molecular formula is C23H24F2N2O6. The molecule has 10 heteroatoms. The Balaban J connectivity index is 1.65. The monoisotopic (exact) mass is 462 g/mol. The van der Waals surface area contributed by atoms with Gasteiger partial charge in [-0.1, -0.05) is 6.92 Å². The number of hydrogen-bond donors (Lipinski definition) is 2. The fourth-order valence-corrected chi connectivity index (χ4v) is 2.54. The average Bonchev–Trinajstić information content (AvgIpc) is 2.81. The van der Waals surface area contributed by atoms with E-state index in [1.54, 1.807) is 24.3 Å². The maximum Gasteiger partial charge on any atom is 0.306 e. The van der Waals surface area contributed by atoms with Crippen molar-refractivity contribution >= 4 is 29.3 Å². The molecule has 176 valence electrons. The van der Waals surface area contributed by atoms with Crippen molar-refractivity contribution in [2.75, 3.05) is 25.1 Å². The van der Waals surface area contributed by atoms with E-state index in [2.05, 4.69) is 10.6 Å². The molecule has 2 amide bonds. The van der Waals surface area contributed by atoms with Crippen LogP contribution < -0.4 is 15.4 Å². The Morgan fingerprint density at radius 3 is 2.30 bits per heavy atom. The Labute approximate surface area is 189 Å². The molecule has 0 saturated heterocycles. The Bertz CT molecular complexity index is 995. The number of hydrogen-bond acceptors (Lipinski definition) is 6. The summed E-state index contributed by atoms with van der Waals surface area (Å²) >= 11 is 0. The SMILES string of the molecule is CCCOc1ccc(C(=O)CCC(=O)OCC(=O)NCC(=O)Nc2ccc(F)c(F)c2)cc1. The van der Waals surface area contributed by atoms with Gasteiger partial charge < -0.3 is 20.1 Å². The van der Waals surface area contributed by atoms with Crippen LogP contribution in [0.15, 0.2) is 42.5 Å². The van der Waals surface area contributed by atoms with Crippen LogP contribution in [0.4, 0.5) is 14.5 Å². The van der Waals surface area contributed by atoms with Gasteiger partial charge in [-0.25, -0.2) is 8.78 Å². The molecule has 2 aromatic rings. The molecule has 0 aliphatic carbocycles. The maximum atomic E-state index is 13.1. The summed E-state index contributed by atoms with van der Waals surface area (Å²) in [7, 11) is 0. The number of amides is 2. The van der Waals surface area contributed by atoms with Crippen molar-refractivity contribution < 1.29 is 37.4 Å². The fraction of sp³-hybridized carbons (Fsp3) is 0.304. The van der Waals surface area contributed by atoms with Crippen LogP contribution in [-0.4, -0.2) is 43.3 Å². The van der Waals surface area contributed by atoms with E-state index in [0.29, 0.717) is 17.9 Å². The quantitative estimate of drug-likeness (QED) is 0.371. The van der Waals surface area contributed by atoms with Crippen LogP contribution in [0.1, 0.15) is 36.5 Å². The van der Waals surface area contributed by atoms with Gasteiger partial charge in [-0.15, -0.1) is 0 Å². The molecule has 0 aromatic heterocycles. The Kier molecular flexibility index (Phi) is 9.94. The summed E-state index contributed by atoms with van der Waals surface area (Å²) < 4.78 is 36.2. The first-order valence-electron chi connectivity index (χ1n) is 10.2. The normalized spacial score (nSPS) is 10.3. The number of benzene rings is 2. The van der Waals surface area contributed by atoms with Crippen LogP contribution in [0.25, 0.3) is 0 Å². The molecule has 0 spiro atoms. The Morgan fingerprint density at radius 2 is 1.64 bits per heavy atom. The summed E-state index contributed by atoms with van der Waals surface area (Å²) in [4.78, 5) is 47.4. The summed E-state index contributed by atoms with van der Waals surface area (Å²) in [6, 6.07) is 9.38. The van der Waals surface area contributed by atoms with Crippen LogP contribution in [0.3, 0.4) is 0 Å². The van der Waals surface area contributed by atoms with E-state index in [4.69, 9.17) is 9.47 Å². The topological polar surface area (TPSA) is 111 Å². The first kappa shape index (κ1) is 25.4. The van der Waals surface area contributed by atoms with E-state index in [1.165, 1.54) is 0 Å². The van der Waals surface area contributed by atoms with Crippen molar-refractivity contribution in [1.82, 2.24) is 5.32 Å². The third kappa shape index (κ3) is 9.06. The predicted octanol–water partition coefficient (Wildman–Crippen LogP) is 3.01. The van der Waals surface area contributed by atoms with Gasteiger partial charge in [-0.05, 0) is 42.8 Å². The molecule has 0 heterocycles. The van der Waals surface area contributed by atoms with Gasteiger partial charge in [-0.3, -0.25) is 19.2 Å². The van der Waals surface area contributed by atoms with Gasteiger partial charge in [0.2, 0.25) is 5.91 Å². The molecule has 0 aliphatic rings. The van der Waals surface area contributed by atoms with Crippen molar-refractivity contribution in [3.63, 3.8) is 0 Å². The highest BCUT2D eigenvalue weighted by Crippen LogP contribution is 2.15. The zero-order valence-electron chi connectivity index (χ0n) is 18.0. The highest BCUT2D eigenvalue weighted by atomic mass is 19.2. The highest BCUT2D eigenvalue weighted by molar-refractivity contribution is 5.98. The molecule has 33 heavy (non-hydrogen) atoms. The molecular weight excluding hydrogens is 438 g/mol. The molecule has 0 fully saturated rings. The molecule has 0 bridgehead atoms. The number of halogens is 2. The van der Waals surface area contributed by atoms with Crippen LogP contribution in [0.5, 0.6) is 5.75 Å². The van der Waals surface area contributed by atoms with Gasteiger partial charge in [0.25, 0.3) is 5.91 Å². The molecule has 0 aliphatic heterocycles. The maximum absolute atomic E-state index is 13.1. The zero-order chi connectivity index (χ0) is 24.2. The Hall–Kier alpha value is -3.82. The van der Waals surface area contributed by atoms with E-state index >= 15 is 0 Å². The number of carbonyl (C=O) groups excluding carboxylic acids is 4. The lowest BCUT2D eigenvalue weighted by atomic mass is 10.1. The summed E-state index contributed by atoms with van der Waals surface area (Å²) in [6.45, 7) is 1.46. The van der Waals surface area contributed by atoms with Crippen LogP contribution in [0.2, 0.25) is 0 Å². The van der Waals surface area contributed by atoms with Crippen molar-refractivity contribution in [2.45, 2.75) is 26.2 Å². The van der Waals surface area contributed by atoms with E-state index in [0.717, 1.165) is 24.6 Å². The van der Waals surface area contributed by atoms with Crippen LogP contribution in [0, 0.1) is 11.6 Å². The number of nitrogens with one attached hydrogen (secondary N) is 2. The molecule has 2 rings (SSSR count). The van der Waals surface area contributed by atoms with E-state index in [9.17, 15) is 28.0 Å². The lowest BCUT2D eigenvalue weighted by Gasteiger charge is -2.08. The number of Topliss-reactive ketones (excluding diaryl/α,β-unsaturated/α-hetero) is 1. The summed E-state index contributed by atoms with van der Waals surface area (Å²) in [5, 5.41) is 4.50. The minimum absolute atomic E-state index is 0.0207. The number of ketones is 1. The highest BCUT2D eigenvalue weighted by Gasteiger charge is 2.13. The second-order valence-electron chi connectivity index (χ2n) is 6.91. The second kappa shape index (κ2) is 12.9. The lowest BCUT2D eigenvalue weighted by molar-refractivity contribution is -0.148. The molecule has 2 aromatic carbocycles. The number of ether oxygens (including phenoxy) is 2. The number of carbonyl (C=O) groups is 4. The standard InChI is InChI=1S/C23H24F2N2O6/c1-2-11-32-17-6-3-15(4-7-17)20(28)9-10-23(31)33-14-22(30)26-13-21(29)27-16-5-8-18(24)19(25)12-16/h3-8,12H,2,9-11,13-14H2,1H3,(H,26,30)(H,27,29). The first-order valence-corrected chi connectivity index (χ1v) is 10.2. The van der Waals surface area contributed by atoms with Gasteiger partial charge in [0.15, 0.2) is 24.0 Å². The second-order valence-corrected chi connectivity index (χ2v) is 6.91.